The van der Waals surface area contributed by atoms with E-state index < -0.39 is 0 Å². The Morgan fingerprint density at radius 2 is 1.76 bits per heavy atom. The number of hydrogen-bond acceptors (Lipinski definition) is 3. The van der Waals surface area contributed by atoms with E-state index in [4.69, 9.17) is 9.47 Å². The zero-order valence-corrected chi connectivity index (χ0v) is 13.5. The van der Waals surface area contributed by atoms with Crippen LogP contribution in [-0.2, 0) is 0 Å². The van der Waals surface area contributed by atoms with Gasteiger partial charge in [0.2, 0.25) is 0 Å². The van der Waals surface area contributed by atoms with Crippen LogP contribution in [0.2, 0.25) is 0 Å². The molecule has 0 N–H and O–H groups in total. The van der Waals surface area contributed by atoms with Crippen LogP contribution in [0, 0.1) is 17.8 Å². The Balaban J connectivity index is 2.10. The first-order valence-corrected chi connectivity index (χ1v) is 7.83. The summed E-state index contributed by atoms with van der Waals surface area (Å²) >= 11 is 0. The van der Waals surface area contributed by atoms with E-state index in [1.54, 1.807) is 20.3 Å². The highest BCUT2D eigenvalue weighted by Gasteiger charge is 2.29. The SMILES string of the molecule is COc1ccc(C(=O)C2CCC(C(C)C)CC2)c(OC)c1. The Bertz CT molecular complexity index is 485. The van der Waals surface area contributed by atoms with Gasteiger partial charge in [-0.15, -0.1) is 0 Å². The first-order chi connectivity index (χ1) is 10.1. The third-order valence-electron chi connectivity index (χ3n) is 4.76. The number of carbonyl (C=O) groups is 1. The predicted octanol–water partition coefficient (Wildman–Crippen LogP) is 4.35. The molecule has 0 saturated heterocycles. The van der Waals surface area contributed by atoms with Gasteiger partial charge in [0.1, 0.15) is 11.5 Å². The summed E-state index contributed by atoms with van der Waals surface area (Å²) in [5, 5.41) is 0. The number of carbonyl (C=O) groups excluding carboxylic acids is 1. The maximum atomic E-state index is 12.7. The molecule has 0 spiro atoms. The Hall–Kier alpha value is -1.51. The molecule has 0 heterocycles. The molecule has 0 unspecified atom stereocenters. The van der Waals surface area contributed by atoms with Crippen LogP contribution in [0.1, 0.15) is 49.9 Å². The monoisotopic (exact) mass is 290 g/mol. The van der Waals surface area contributed by atoms with Crippen molar-refractivity contribution >= 4 is 5.78 Å². The maximum Gasteiger partial charge on any atom is 0.169 e. The Morgan fingerprint density at radius 3 is 2.29 bits per heavy atom. The Labute approximate surface area is 127 Å². The minimum absolute atomic E-state index is 0.141. The summed E-state index contributed by atoms with van der Waals surface area (Å²) < 4.78 is 10.5. The molecular formula is C18H26O3. The molecule has 21 heavy (non-hydrogen) atoms. The van der Waals surface area contributed by atoms with Crippen molar-refractivity contribution in [3.05, 3.63) is 23.8 Å². The van der Waals surface area contributed by atoms with Crippen LogP contribution in [0.5, 0.6) is 11.5 Å². The van der Waals surface area contributed by atoms with Crippen LogP contribution >= 0.6 is 0 Å². The van der Waals surface area contributed by atoms with Gasteiger partial charge in [0.25, 0.3) is 0 Å². The fourth-order valence-electron chi connectivity index (χ4n) is 3.27. The van der Waals surface area contributed by atoms with Gasteiger partial charge in [0, 0.05) is 12.0 Å². The van der Waals surface area contributed by atoms with E-state index in [1.165, 1.54) is 0 Å². The summed E-state index contributed by atoms with van der Waals surface area (Å²) in [6.07, 6.45) is 4.31. The second-order valence-corrected chi connectivity index (χ2v) is 6.29. The fraction of sp³-hybridized carbons (Fsp3) is 0.611. The van der Waals surface area contributed by atoms with Crippen LogP contribution in [-0.4, -0.2) is 20.0 Å². The highest BCUT2D eigenvalue weighted by atomic mass is 16.5. The first-order valence-electron chi connectivity index (χ1n) is 7.83. The van der Waals surface area contributed by atoms with Crippen LogP contribution in [0.15, 0.2) is 18.2 Å². The lowest BCUT2D eigenvalue weighted by atomic mass is 9.74. The quantitative estimate of drug-likeness (QED) is 0.756. The molecular weight excluding hydrogens is 264 g/mol. The summed E-state index contributed by atoms with van der Waals surface area (Å²) in [7, 11) is 3.21. The molecule has 0 bridgehead atoms. The van der Waals surface area contributed by atoms with E-state index in [9.17, 15) is 4.79 Å². The second kappa shape index (κ2) is 6.97. The van der Waals surface area contributed by atoms with Crippen molar-refractivity contribution in [3.8, 4) is 11.5 Å². The topological polar surface area (TPSA) is 35.5 Å². The van der Waals surface area contributed by atoms with Gasteiger partial charge in [0.05, 0.1) is 19.8 Å². The maximum absolute atomic E-state index is 12.7. The van der Waals surface area contributed by atoms with Crippen LogP contribution in [0.25, 0.3) is 0 Å². The van der Waals surface area contributed by atoms with Crippen LogP contribution in [0.3, 0.4) is 0 Å². The molecule has 2 rings (SSSR count). The zero-order valence-electron chi connectivity index (χ0n) is 13.5. The molecule has 1 saturated carbocycles. The third kappa shape index (κ3) is 3.58. The zero-order chi connectivity index (χ0) is 15.4. The van der Waals surface area contributed by atoms with Gasteiger partial charge in [-0.3, -0.25) is 4.79 Å². The van der Waals surface area contributed by atoms with Gasteiger partial charge in [-0.2, -0.15) is 0 Å². The molecule has 1 aliphatic carbocycles. The lowest BCUT2D eigenvalue weighted by Crippen LogP contribution is -2.24. The van der Waals surface area contributed by atoms with Crippen molar-refractivity contribution in [2.75, 3.05) is 14.2 Å². The molecule has 0 amide bonds. The lowest BCUT2D eigenvalue weighted by molar-refractivity contribution is 0.0856. The minimum atomic E-state index is 0.141. The van der Waals surface area contributed by atoms with E-state index in [0.29, 0.717) is 17.1 Å². The van der Waals surface area contributed by atoms with E-state index >= 15 is 0 Å². The van der Waals surface area contributed by atoms with E-state index in [0.717, 1.165) is 37.5 Å². The Kier molecular flexibility index (Phi) is 5.27. The minimum Gasteiger partial charge on any atom is -0.497 e. The standard InChI is InChI=1S/C18H26O3/c1-12(2)13-5-7-14(8-6-13)18(19)16-10-9-15(20-3)11-17(16)21-4/h9-14H,5-8H2,1-4H3. The van der Waals surface area contributed by atoms with Crippen molar-refractivity contribution in [1.82, 2.24) is 0 Å². The second-order valence-electron chi connectivity index (χ2n) is 6.29. The number of benzene rings is 1. The number of hydrogen-bond donors (Lipinski definition) is 0. The largest absolute Gasteiger partial charge is 0.497 e. The van der Waals surface area contributed by atoms with Gasteiger partial charge in [-0.25, -0.2) is 0 Å². The van der Waals surface area contributed by atoms with Crippen LogP contribution in [0.4, 0.5) is 0 Å². The molecule has 0 aliphatic heterocycles. The normalized spacial score (nSPS) is 22.1. The molecule has 1 aromatic carbocycles. The summed E-state index contributed by atoms with van der Waals surface area (Å²) in [4.78, 5) is 12.7. The number of ether oxygens (including phenoxy) is 2. The van der Waals surface area contributed by atoms with Gasteiger partial charge in [0.15, 0.2) is 5.78 Å². The lowest BCUT2D eigenvalue weighted by Gasteiger charge is -2.30. The van der Waals surface area contributed by atoms with Gasteiger partial charge < -0.3 is 9.47 Å². The summed E-state index contributed by atoms with van der Waals surface area (Å²) in [6.45, 7) is 4.55. The van der Waals surface area contributed by atoms with Gasteiger partial charge in [-0.1, -0.05) is 13.8 Å². The van der Waals surface area contributed by atoms with Crippen molar-refractivity contribution in [3.63, 3.8) is 0 Å². The molecule has 0 aromatic heterocycles. The highest BCUT2D eigenvalue weighted by molar-refractivity contribution is 6.00. The number of methoxy groups -OCH3 is 2. The molecule has 116 valence electrons. The number of rotatable bonds is 5. The third-order valence-corrected chi connectivity index (χ3v) is 4.76. The smallest absolute Gasteiger partial charge is 0.169 e. The van der Waals surface area contributed by atoms with E-state index in [2.05, 4.69) is 13.8 Å². The number of ketones is 1. The van der Waals surface area contributed by atoms with Crippen molar-refractivity contribution in [2.45, 2.75) is 39.5 Å². The first kappa shape index (κ1) is 15.9. The molecule has 1 aromatic rings. The molecule has 0 radical (unpaired) electrons. The highest BCUT2D eigenvalue weighted by Crippen LogP contribution is 2.36. The molecule has 3 nitrogen and oxygen atoms in total. The van der Waals surface area contributed by atoms with Crippen LogP contribution < -0.4 is 9.47 Å². The van der Waals surface area contributed by atoms with E-state index in [1.807, 2.05) is 12.1 Å². The van der Waals surface area contributed by atoms with E-state index in [-0.39, 0.29) is 11.7 Å². The molecule has 1 aliphatic rings. The fourth-order valence-corrected chi connectivity index (χ4v) is 3.27. The average Bonchev–Trinajstić information content (AvgIpc) is 2.53. The predicted molar refractivity (Wildman–Crippen MR) is 84.2 cm³/mol. The van der Waals surface area contributed by atoms with Crippen molar-refractivity contribution in [1.29, 1.82) is 0 Å². The average molecular weight is 290 g/mol. The summed E-state index contributed by atoms with van der Waals surface area (Å²) in [5.74, 6) is 3.18. The van der Waals surface area contributed by atoms with Crippen molar-refractivity contribution < 1.29 is 14.3 Å². The van der Waals surface area contributed by atoms with Gasteiger partial charge in [-0.05, 0) is 49.7 Å². The number of Topliss-reactive ketones (excluding diaryl/α,β-unsaturated/α-hetero) is 1. The van der Waals surface area contributed by atoms with Gasteiger partial charge >= 0.3 is 0 Å². The molecule has 3 heteroatoms. The summed E-state index contributed by atoms with van der Waals surface area (Å²) in [6, 6.07) is 5.44. The summed E-state index contributed by atoms with van der Waals surface area (Å²) in [5.41, 5.74) is 0.686. The molecule has 1 fully saturated rings. The Morgan fingerprint density at radius 1 is 1.10 bits per heavy atom. The van der Waals surface area contributed by atoms with Crippen molar-refractivity contribution in [2.24, 2.45) is 17.8 Å². The molecule has 0 atom stereocenters.